The summed E-state index contributed by atoms with van der Waals surface area (Å²) in [6.45, 7) is 2.12. The monoisotopic (exact) mass is 253 g/mol. The Morgan fingerprint density at radius 1 is 1.61 bits per heavy atom. The third-order valence-corrected chi connectivity index (χ3v) is 4.19. The van der Waals surface area contributed by atoms with Crippen LogP contribution in [-0.2, 0) is 14.3 Å². The molecule has 3 atom stereocenters. The molecule has 1 fully saturated rings. The zero-order valence-corrected chi connectivity index (χ0v) is 10.5. The summed E-state index contributed by atoms with van der Waals surface area (Å²) in [6.07, 6.45) is 3.97. The van der Waals surface area contributed by atoms with E-state index in [4.69, 9.17) is 15.6 Å². The van der Waals surface area contributed by atoms with Gasteiger partial charge in [0.1, 0.15) is 6.61 Å². The first-order valence-corrected chi connectivity index (χ1v) is 6.21. The van der Waals surface area contributed by atoms with Gasteiger partial charge in [0.25, 0.3) is 0 Å². The molecule has 5 nitrogen and oxygen atoms in total. The number of nitrogens with two attached hydrogens (primary N) is 1. The zero-order chi connectivity index (χ0) is 13.3. The lowest BCUT2D eigenvalue weighted by Gasteiger charge is -2.51. The molecule has 0 bridgehead atoms. The van der Waals surface area contributed by atoms with Crippen molar-refractivity contribution in [3.05, 3.63) is 11.6 Å². The predicted octanol–water partition coefficient (Wildman–Crippen LogP) is 0.935. The number of carboxylic acid groups (broad SMARTS) is 1. The summed E-state index contributed by atoms with van der Waals surface area (Å²) in [5.74, 6) is -0.353. The number of allylic oxidation sites excluding steroid dienone is 1. The van der Waals surface area contributed by atoms with Crippen molar-refractivity contribution in [2.45, 2.75) is 26.2 Å². The summed E-state index contributed by atoms with van der Waals surface area (Å²) in [7, 11) is 0. The maximum absolute atomic E-state index is 10.9. The third-order valence-electron chi connectivity index (χ3n) is 4.19. The lowest BCUT2D eigenvalue weighted by molar-refractivity contribution is -0.144. The van der Waals surface area contributed by atoms with Gasteiger partial charge >= 0.3 is 11.9 Å². The van der Waals surface area contributed by atoms with Crippen LogP contribution in [0.1, 0.15) is 26.2 Å². The van der Waals surface area contributed by atoms with E-state index in [0.29, 0.717) is 19.1 Å². The van der Waals surface area contributed by atoms with Crippen LogP contribution in [-0.4, -0.2) is 30.2 Å². The first-order chi connectivity index (χ1) is 8.47. The molecule has 0 amide bonds. The smallest absolute Gasteiger partial charge is 0.303 e. The van der Waals surface area contributed by atoms with Crippen LogP contribution in [0.4, 0.5) is 0 Å². The standard InChI is InChI=1S/C13H19NO4/c1-8(15)18-6-9-2-10-4-13(7-14,5-12(16)17)11(10)3-9/h3,10-11H,2,4-7,14H2,1H3,(H,16,17)/t10-,11-,13-/m0/s1. The van der Waals surface area contributed by atoms with Gasteiger partial charge in [0, 0.05) is 6.92 Å². The molecule has 2 rings (SSSR count). The molecule has 0 spiro atoms. The van der Waals surface area contributed by atoms with Crippen LogP contribution in [0.5, 0.6) is 0 Å². The first kappa shape index (κ1) is 13.1. The quantitative estimate of drug-likeness (QED) is 0.562. The number of fused-ring (bicyclic) bond motifs is 1. The molecule has 0 heterocycles. The van der Waals surface area contributed by atoms with Gasteiger partial charge in [-0.1, -0.05) is 6.08 Å². The van der Waals surface area contributed by atoms with Gasteiger partial charge < -0.3 is 15.6 Å². The molecule has 100 valence electrons. The van der Waals surface area contributed by atoms with E-state index in [2.05, 4.69) is 6.08 Å². The minimum absolute atomic E-state index is 0.127. The Bertz CT molecular complexity index is 404. The Balaban J connectivity index is 2.00. The van der Waals surface area contributed by atoms with Crippen molar-refractivity contribution in [3.63, 3.8) is 0 Å². The summed E-state index contributed by atoms with van der Waals surface area (Å²) in [5, 5.41) is 8.96. The highest BCUT2D eigenvalue weighted by Gasteiger charge is 2.54. The molecule has 0 radical (unpaired) electrons. The molecule has 0 unspecified atom stereocenters. The van der Waals surface area contributed by atoms with E-state index in [0.717, 1.165) is 18.4 Å². The van der Waals surface area contributed by atoms with Gasteiger partial charge in [0.2, 0.25) is 0 Å². The van der Waals surface area contributed by atoms with Crippen molar-refractivity contribution < 1.29 is 19.4 Å². The third kappa shape index (κ3) is 2.27. The highest BCUT2D eigenvalue weighted by molar-refractivity contribution is 5.68. The summed E-state index contributed by atoms with van der Waals surface area (Å²) in [4.78, 5) is 21.7. The number of aliphatic carboxylic acids is 1. The summed E-state index contributed by atoms with van der Waals surface area (Å²) >= 11 is 0. The van der Waals surface area contributed by atoms with Crippen LogP contribution in [0.3, 0.4) is 0 Å². The highest BCUT2D eigenvalue weighted by atomic mass is 16.5. The fourth-order valence-corrected chi connectivity index (χ4v) is 3.38. The number of hydrogen-bond acceptors (Lipinski definition) is 4. The van der Waals surface area contributed by atoms with Crippen molar-refractivity contribution in [1.29, 1.82) is 0 Å². The second-order valence-electron chi connectivity index (χ2n) is 5.44. The van der Waals surface area contributed by atoms with Crippen LogP contribution < -0.4 is 5.73 Å². The second kappa shape index (κ2) is 4.72. The van der Waals surface area contributed by atoms with Crippen LogP contribution in [0, 0.1) is 17.3 Å². The lowest BCUT2D eigenvalue weighted by atomic mass is 9.53. The van der Waals surface area contributed by atoms with Crippen molar-refractivity contribution in [2.24, 2.45) is 23.0 Å². The number of esters is 1. The lowest BCUT2D eigenvalue weighted by Crippen LogP contribution is -2.51. The zero-order valence-electron chi connectivity index (χ0n) is 10.5. The molecule has 0 aromatic rings. The Morgan fingerprint density at radius 3 is 2.89 bits per heavy atom. The van der Waals surface area contributed by atoms with E-state index in [1.165, 1.54) is 6.92 Å². The van der Waals surface area contributed by atoms with Gasteiger partial charge in [-0.25, -0.2) is 0 Å². The molecule has 5 heteroatoms. The maximum atomic E-state index is 10.9. The molecule has 0 aromatic carbocycles. The second-order valence-corrected chi connectivity index (χ2v) is 5.44. The number of hydrogen-bond donors (Lipinski definition) is 2. The Morgan fingerprint density at radius 2 is 2.33 bits per heavy atom. The minimum atomic E-state index is -0.791. The summed E-state index contributed by atoms with van der Waals surface area (Å²) < 4.78 is 4.98. The van der Waals surface area contributed by atoms with E-state index >= 15 is 0 Å². The van der Waals surface area contributed by atoms with Crippen molar-refractivity contribution in [3.8, 4) is 0 Å². The molecular weight excluding hydrogens is 234 g/mol. The van der Waals surface area contributed by atoms with Crippen LogP contribution in [0.25, 0.3) is 0 Å². The molecule has 0 aliphatic heterocycles. The number of carbonyl (C=O) groups excluding carboxylic acids is 1. The predicted molar refractivity (Wildman–Crippen MR) is 64.7 cm³/mol. The average molecular weight is 253 g/mol. The van der Waals surface area contributed by atoms with Crippen LogP contribution >= 0.6 is 0 Å². The molecular formula is C13H19NO4. The first-order valence-electron chi connectivity index (χ1n) is 6.21. The minimum Gasteiger partial charge on any atom is -0.481 e. The average Bonchev–Trinajstić information content (AvgIpc) is 2.61. The van der Waals surface area contributed by atoms with Crippen molar-refractivity contribution in [1.82, 2.24) is 0 Å². The van der Waals surface area contributed by atoms with E-state index in [-0.39, 0.29) is 23.7 Å². The molecule has 0 aromatic heterocycles. The van der Waals surface area contributed by atoms with Gasteiger partial charge in [-0.3, -0.25) is 9.59 Å². The molecule has 3 N–H and O–H groups in total. The van der Waals surface area contributed by atoms with Gasteiger partial charge in [-0.05, 0) is 42.2 Å². The van der Waals surface area contributed by atoms with Gasteiger partial charge in [0.05, 0.1) is 6.42 Å². The number of ether oxygens (including phenoxy) is 1. The normalized spacial score (nSPS) is 33.3. The van der Waals surface area contributed by atoms with Gasteiger partial charge in [-0.2, -0.15) is 0 Å². The van der Waals surface area contributed by atoms with Crippen molar-refractivity contribution >= 4 is 11.9 Å². The van der Waals surface area contributed by atoms with Crippen LogP contribution in [0.15, 0.2) is 11.6 Å². The fourth-order valence-electron chi connectivity index (χ4n) is 3.38. The van der Waals surface area contributed by atoms with Crippen molar-refractivity contribution in [2.75, 3.05) is 13.2 Å². The fraction of sp³-hybridized carbons (Fsp3) is 0.692. The largest absolute Gasteiger partial charge is 0.481 e. The summed E-state index contributed by atoms with van der Waals surface area (Å²) in [6, 6.07) is 0. The molecule has 2 aliphatic rings. The number of carbonyl (C=O) groups is 2. The molecule has 2 aliphatic carbocycles. The Hall–Kier alpha value is -1.36. The Labute approximate surface area is 106 Å². The SMILES string of the molecule is CC(=O)OCC1=C[C@H]2[C@@H](C1)C[C@@]2(CN)CC(=O)O. The van der Waals surface area contributed by atoms with E-state index in [1.54, 1.807) is 0 Å². The van der Waals surface area contributed by atoms with Gasteiger partial charge in [0.15, 0.2) is 0 Å². The van der Waals surface area contributed by atoms with E-state index in [9.17, 15) is 9.59 Å². The highest BCUT2D eigenvalue weighted by Crippen LogP contribution is 2.59. The van der Waals surface area contributed by atoms with Crippen LogP contribution in [0.2, 0.25) is 0 Å². The summed E-state index contributed by atoms with van der Waals surface area (Å²) in [5.41, 5.74) is 6.58. The molecule has 0 saturated heterocycles. The van der Waals surface area contributed by atoms with E-state index in [1.807, 2.05) is 0 Å². The number of carboxylic acids is 1. The molecule has 18 heavy (non-hydrogen) atoms. The van der Waals surface area contributed by atoms with Gasteiger partial charge in [-0.15, -0.1) is 0 Å². The topological polar surface area (TPSA) is 89.6 Å². The number of rotatable bonds is 5. The Kier molecular flexibility index (Phi) is 3.43. The molecule has 1 saturated carbocycles. The van der Waals surface area contributed by atoms with E-state index < -0.39 is 5.97 Å². The maximum Gasteiger partial charge on any atom is 0.303 e.